The lowest BCUT2D eigenvalue weighted by Gasteiger charge is -2.16. The van der Waals surface area contributed by atoms with E-state index in [0.29, 0.717) is 16.8 Å². The minimum Gasteiger partial charge on any atom is -0.473 e. The number of ether oxygens (including phenoxy) is 1. The highest BCUT2D eigenvalue weighted by atomic mass is 35.5. The molecule has 0 amide bonds. The molecule has 15 heavy (non-hydrogen) atoms. The molecule has 0 aliphatic heterocycles. The van der Waals surface area contributed by atoms with E-state index >= 15 is 0 Å². The summed E-state index contributed by atoms with van der Waals surface area (Å²) in [6, 6.07) is 0. The molecule has 1 rings (SSSR count). The molecule has 1 aromatic heterocycles. The first-order valence-electron chi connectivity index (χ1n) is 4.83. The minimum absolute atomic E-state index is 0.0634. The van der Waals surface area contributed by atoms with Crippen LogP contribution in [0.4, 0.5) is 0 Å². The molecular formula is C10H14Cl2N2O. The Morgan fingerprint density at radius 2 is 2.00 bits per heavy atom. The summed E-state index contributed by atoms with van der Waals surface area (Å²) in [4.78, 5) is 7.67. The first kappa shape index (κ1) is 12.5. The Morgan fingerprint density at radius 1 is 1.33 bits per heavy atom. The van der Waals surface area contributed by atoms with Gasteiger partial charge in [0.2, 0.25) is 11.2 Å². The molecule has 84 valence electrons. The maximum Gasteiger partial charge on any atom is 0.237 e. The Labute approximate surface area is 99.8 Å². The standard InChI is InChI=1S/C10H14Cl2N2O/c1-6(2)4-7(3)15-9-8(11)5-13-10(12)14-9/h5-7H,4H2,1-3H3. The highest BCUT2D eigenvalue weighted by Gasteiger charge is 2.11. The maximum atomic E-state index is 5.87. The van der Waals surface area contributed by atoms with Gasteiger partial charge in [-0.15, -0.1) is 0 Å². The smallest absolute Gasteiger partial charge is 0.237 e. The van der Waals surface area contributed by atoms with Gasteiger partial charge in [-0.3, -0.25) is 0 Å². The third kappa shape index (κ3) is 4.22. The molecule has 1 atom stereocenters. The van der Waals surface area contributed by atoms with Gasteiger partial charge in [0.15, 0.2) is 0 Å². The van der Waals surface area contributed by atoms with Crippen molar-refractivity contribution in [2.75, 3.05) is 0 Å². The zero-order valence-corrected chi connectivity index (χ0v) is 10.5. The maximum absolute atomic E-state index is 5.87. The highest BCUT2D eigenvalue weighted by molar-refractivity contribution is 6.32. The lowest BCUT2D eigenvalue weighted by molar-refractivity contribution is 0.185. The quantitative estimate of drug-likeness (QED) is 0.764. The fraction of sp³-hybridized carbons (Fsp3) is 0.600. The molecule has 1 heterocycles. The molecule has 0 aliphatic carbocycles. The third-order valence-electron chi connectivity index (χ3n) is 1.80. The van der Waals surface area contributed by atoms with Gasteiger partial charge >= 0.3 is 0 Å². The first-order valence-corrected chi connectivity index (χ1v) is 5.59. The van der Waals surface area contributed by atoms with Crippen LogP contribution in [-0.2, 0) is 0 Å². The Morgan fingerprint density at radius 3 is 2.60 bits per heavy atom. The molecule has 0 bridgehead atoms. The average molecular weight is 249 g/mol. The van der Waals surface area contributed by atoms with Crippen molar-refractivity contribution in [2.24, 2.45) is 5.92 Å². The molecular weight excluding hydrogens is 235 g/mol. The number of aromatic nitrogens is 2. The van der Waals surface area contributed by atoms with Crippen LogP contribution < -0.4 is 4.74 Å². The summed E-state index contributed by atoms with van der Waals surface area (Å²) >= 11 is 11.5. The van der Waals surface area contributed by atoms with Gasteiger partial charge in [0, 0.05) is 0 Å². The molecule has 0 saturated heterocycles. The number of halogens is 2. The second kappa shape index (κ2) is 5.52. The van der Waals surface area contributed by atoms with E-state index < -0.39 is 0 Å². The SMILES string of the molecule is CC(C)CC(C)Oc1nc(Cl)ncc1Cl. The first-order chi connectivity index (χ1) is 6.99. The lowest BCUT2D eigenvalue weighted by Crippen LogP contribution is -2.15. The van der Waals surface area contributed by atoms with Gasteiger partial charge in [-0.05, 0) is 30.9 Å². The summed E-state index contributed by atoms with van der Waals surface area (Å²) in [6.07, 6.45) is 2.44. The van der Waals surface area contributed by atoms with Crippen LogP contribution >= 0.6 is 23.2 Å². The summed E-state index contributed by atoms with van der Waals surface area (Å²) in [5.74, 6) is 0.918. The summed E-state index contributed by atoms with van der Waals surface area (Å²) in [5.41, 5.74) is 0. The van der Waals surface area contributed by atoms with Crippen LogP contribution in [-0.4, -0.2) is 16.1 Å². The predicted molar refractivity (Wildman–Crippen MR) is 61.6 cm³/mol. The van der Waals surface area contributed by atoms with Gasteiger partial charge in [-0.2, -0.15) is 4.98 Å². The summed E-state index contributed by atoms with van der Waals surface area (Å²) in [6.45, 7) is 6.25. The van der Waals surface area contributed by atoms with E-state index in [1.165, 1.54) is 6.20 Å². The van der Waals surface area contributed by atoms with Crippen LogP contribution in [0.3, 0.4) is 0 Å². The van der Waals surface area contributed by atoms with Crippen molar-refractivity contribution < 1.29 is 4.74 Å². The zero-order valence-electron chi connectivity index (χ0n) is 9.00. The third-order valence-corrected chi connectivity index (χ3v) is 2.24. The van der Waals surface area contributed by atoms with E-state index in [1.807, 2.05) is 6.92 Å². The Kier molecular flexibility index (Phi) is 4.61. The van der Waals surface area contributed by atoms with Crippen molar-refractivity contribution in [3.8, 4) is 5.88 Å². The fourth-order valence-corrected chi connectivity index (χ4v) is 1.58. The van der Waals surface area contributed by atoms with E-state index in [0.717, 1.165) is 6.42 Å². The molecule has 1 aromatic rings. The van der Waals surface area contributed by atoms with E-state index in [-0.39, 0.29) is 11.4 Å². The monoisotopic (exact) mass is 248 g/mol. The zero-order chi connectivity index (χ0) is 11.4. The largest absolute Gasteiger partial charge is 0.473 e. The van der Waals surface area contributed by atoms with Crippen LogP contribution in [0.15, 0.2) is 6.20 Å². The molecule has 0 N–H and O–H groups in total. The molecule has 0 spiro atoms. The second-order valence-electron chi connectivity index (χ2n) is 3.85. The van der Waals surface area contributed by atoms with Crippen LogP contribution in [0.1, 0.15) is 27.2 Å². The van der Waals surface area contributed by atoms with Gasteiger partial charge in [0.05, 0.1) is 12.3 Å². The number of hydrogen-bond donors (Lipinski definition) is 0. The Bertz CT molecular complexity index is 331. The molecule has 1 unspecified atom stereocenters. The minimum atomic E-state index is 0.0634. The van der Waals surface area contributed by atoms with Crippen LogP contribution in [0.5, 0.6) is 5.88 Å². The molecule has 3 nitrogen and oxygen atoms in total. The van der Waals surface area contributed by atoms with Crippen molar-refractivity contribution in [1.29, 1.82) is 0 Å². The van der Waals surface area contributed by atoms with Gasteiger partial charge < -0.3 is 4.74 Å². The highest BCUT2D eigenvalue weighted by Crippen LogP contribution is 2.24. The molecule has 0 aromatic carbocycles. The van der Waals surface area contributed by atoms with E-state index in [4.69, 9.17) is 27.9 Å². The van der Waals surface area contributed by atoms with Crippen molar-refractivity contribution >= 4 is 23.2 Å². The fourth-order valence-electron chi connectivity index (χ4n) is 1.32. The number of hydrogen-bond acceptors (Lipinski definition) is 3. The van der Waals surface area contributed by atoms with E-state index in [1.54, 1.807) is 0 Å². The Balaban J connectivity index is 2.67. The predicted octanol–water partition coefficient (Wildman–Crippen LogP) is 3.60. The summed E-state index contributed by atoms with van der Waals surface area (Å²) in [7, 11) is 0. The van der Waals surface area contributed by atoms with E-state index in [9.17, 15) is 0 Å². The van der Waals surface area contributed by atoms with Crippen molar-refractivity contribution in [1.82, 2.24) is 9.97 Å². The van der Waals surface area contributed by atoms with Crippen molar-refractivity contribution in [3.05, 3.63) is 16.5 Å². The van der Waals surface area contributed by atoms with Crippen LogP contribution in [0, 0.1) is 5.92 Å². The Hall–Kier alpha value is -0.540. The van der Waals surface area contributed by atoms with Crippen molar-refractivity contribution in [3.63, 3.8) is 0 Å². The lowest BCUT2D eigenvalue weighted by atomic mass is 10.1. The van der Waals surface area contributed by atoms with Gasteiger partial charge in [0.25, 0.3) is 0 Å². The summed E-state index contributed by atoms with van der Waals surface area (Å²) < 4.78 is 5.57. The van der Waals surface area contributed by atoms with Crippen molar-refractivity contribution in [2.45, 2.75) is 33.3 Å². The average Bonchev–Trinajstić information content (AvgIpc) is 2.10. The second-order valence-corrected chi connectivity index (χ2v) is 4.60. The van der Waals surface area contributed by atoms with Gasteiger partial charge in [0.1, 0.15) is 5.02 Å². The molecule has 0 aliphatic rings. The molecule has 0 fully saturated rings. The number of nitrogens with zero attached hydrogens (tertiary/aromatic N) is 2. The van der Waals surface area contributed by atoms with Crippen LogP contribution in [0.2, 0.25) is 10.3 Å². The van der Waals surface area contributed by atoms with Gasteiger partial charge in [-0.25, -0.2) is 4.98 Å². The van der Waals surface area contributed by atoms with E-state index in [2.05, 4.69) is 23.8 Å². The molecule has 0 radical (unpaired) electrons. The topological polar surface area (TPSA) is 35.0 Å². The number of rotatable bonds is 4. The molecule has 5 heteroatoms. The summed E-state index contributed by atoms with van der Waals surface area (Å²) in [5, 5.41) is 0.529. The normalized spacial score (nSPS) is 12.9. The molecule has 0 saturated carbocycles. The van der Waals surface area contributed by atoms with Crippen LogP contribution in [0.25, 0.3) is 0 Å². The van der Waals surface area contributed by atoms with Gasteiger partial charge in [-0.1, -0.05) is 25.4 Å².